The first-order chi connectivity index (χ1) is 9.96. The van der Waals surface area contributed by atoms with Crippen molar-refractivity contribution in [2.24, 2.45) is 0 Å². The zero-order valence-corrected chi connectivity index (χ0v) is 15.6. The van der Waals surface area contributed by atoms with Gasteiger partial charge in [0.15, 0.2) is 0 Å². The molecule has 0 atom stereocenters. The van der Waals surface area contributed by atoms with Gasteiger partial charge in [0.25, 0.3) is 0 Å². The molecule has 0 saturated carbocycles. The van der Waals surface area contributed by atoms with Crippen LogP contribution in [0.2, 0.25) is 31.0 Å². The van der Waals surface area contributed by atoms with Crippen LogP contribution in [0.15, 0.2) is 54.6 Å². The summed E-state index contributed by atoms with van der Waals surface area (Å²) in [6.45, 7) is 7.09. The molecule has 2 aromatic rings. The van der Waals surface area contributed by atoms with Crippen LogP contribution in [0.25, 0.3) is 11.1 Å². The molecular formula is C18H22OSeSi. The van der Waals surface area contributed by atoms with Crippen molar-refractivity contribution in [1.29, 1.82) is 0 Å². The second-order valence-electron chi connectivity index (χ2n) is 6.39. The molecule has 0 aliphatic rings. The Morgan fingerprint density at radius 2 is 1.48 bits per heavy atom. The van der Waals surface area contributed by atoms with Gasteiger partial charge >= 0.3 is 135 Å². The molecule has 0 aliphatic carbocycles. The van der Waals surface area contributed by atoms with Gasteiger partial charge in [-0.25, -0.2) is 0 Å². The van der Waals surface area contributed by atoms with Gasteiger partial charge in [0.1, 0.15) is 0 Å². The normalized spacial score (nSPS) is 11.4. The van der Waals surface area contributed by atoms with Gasteiger partial charge in [-0.3, -0.25) is 0 Å². The Labute approximate surface area is 135 Å². The molecule has 3 heteroatoms. The summed E-state index contributed by atoms with van der Waals surface area (Å²) in [5.74, 6) is 0. The van der Waals surface area contributed by atoms with Crippen molar-refractivity contribution >= 4 is 27.7 Å². The molecule has 0 amide bonds. The molecule has 0 heterocycles. The standard InChI is InChI=1S/C18H22OSeSi/c1-21(2,3)14-13-20-18(19)17-11-9-16(10-12-17)15-7-5-4-6-8-15/h4-12H,13-14H2,1-3H3. The zero-order valence-electron chi connectivity index (χ0n) is 12.9. The summed E-state index contributed by atoms with van der Waals surface area (Å²) in [5, 5.41) is 1.09. The van der Waals surface area contributed by atoms with Gasteiger partial charge in [0.2, 0.25) is 0 Å². The molecule has 21 heavy (non-hydrogen) atoms. The van der Waals surface area contributed by atoms with Crippen molar-refractivity contribution in [3.8, 4) is 11.1 Å². The van der Waals surface area contributed by atoms with E-state index in [4.69, 9.17) is 0 Å². The fourth-order valence-electron chi connectivity index (χ4n) is 1.96. The van der Waals surface area contributed by atoms with E-state index in [1.165, 1.54) is 17.2 Å². The van der Waals surface area contributed by atoms with E-state index in [1.807, 2.05) is 30.3 Å². The maximum absolute atomic E-state index is 12.2. The topological polar surface area (TPSA) is 17.1 Å². The van der Waals surface area contributed by atoms with E-state index in [1.54, 1.807) is 0 Å². The summed E-state index contributed by atoms with van der Waals surface area (Å²) in [5.41, 5.74) is 3.23. The summed E-state index contributed by atoms with van der Waals surface area (Å²) >= 11 is 0.0918. The number of carbonyl (C=O) groups is 1. The van der Waals surface area contributed by atoms with E-state index in [0.717, 1.165) is 10.9 Å². The van der Waals surface area contributed by atoms with Crippen LogP contribution in [0.3, 0.4) is 0 Å². The SMILES string of the molecule is C[Si](C)(C)CC[Se]C(=O)c1ccc(-c2ccccc2)cc1. The molecule has 0 N–H and O–H groups in total. The molecule has 1 nitrogen and oxygen atoms in total. The molecule has 0 unspecified atom stereocenters. The third-order valence-corrected chi connectivity index (χ3v) is 7.77. The van der Waals surface area contributed by atoms with Gasteiger partial charge in [-0.05, 0) is 0 Å². The first kappa shape index (κ1) is 16.2. The summed E-state index contributed by atoms with van der Waals surface area (Å²) in [4.78, 5) is 12.2. The number of rotatable bonds is 6. The molecule has 110 valence electrons. The van der Waals surface area contributed by atoms with Gasteiger partial charge in [-0.2, -0.15) is 0 Å². The van der Waals surface area contributed by atoms with Crippen molar-refractivity contribution in [2.75, 3.05) is 0 Å². The second-order valence-corrected chi connectivity index (χ2v) is 14.3. The maximum atomic E-state index is 12.2. The predicted octanol–water partition coefficient (Wildman–Crippen LogP) is 4.95. The van der Waals surface area contributed by atoms with E-state index in [2.05, 4.69) is 43.9 Å². The molecule has 0 fully saturated rings. The number of carbonyl (C=O) groups excluding carboxylic acids is 1. The van der Waals surface area contributed by atoms with Crippen molar-refractivity contribution in [1.82, 2.24) is 0 Å². The van der Waals surface area contributed by atoms with Crippen molar-refractivity contribution in [3.63, 3.8) is 0 Å². The summed E-state index contributed by atoms with van der Waals surface area (Å²) in [6.07, 6.45) is 0. The van der Waals surface area contributed by atoms with E-state index in [0.29, 0.717) is 4.68 Å². The van der Waals surface area contributed by atoms with Gasteiger partial charge in [0, 0.05) is 0 Å². The Kier molecular flexibility index (Phi) is 5.57. The van der Waals surface area contributed by atoms with Crippen molar-refractivity contribution < 1.29 is 4.79 Å². The molecule has 0 aromatic heterocycles. The van der Waals surface area contributed by atoms with Crippen molar-refractivity contribution in [2.45, 2.75) is 31.0 Å². The van der Waals surface area contributed by atoms with Gasteiger partial charge in [-0.15, -0.1) is 0 Å². The van der Waals surface area contributed by atoms with E-state index in [-0.39, 0.29) is 15.0 Å². The Hall–Kier alpha value is -1.15. The summed E-state index contributed by atoms with van der Waals surface area (Å²) < 4.78 is 0.334. The molecule has 0 saturated heterocycles. The third-order valence-electron chi connectivity index (χ3n) is 3.31. The second kappa shape index (κ2) is 7.21. The summed E-state index contributed by atoms with van der Waals surface area (Å²) in [6, 6.07) is 19.6. The number of hydrogen-bond donors (Lipinski definition) is 0. The number of benzene rings is 2. The first-order valence-electron chi connectivity index (χ1n) is 7.28. The quantitative estimate of drug-likeness (QED) is 0.665. The fraction of sp³-hybridized carbons (Fsp3) is 0.278. The molecular weight excluding hydrogens is 339 g/mol. The van der Waals surface area contributed by atoms with Crippen LogP contribution in [-0.4, -0.2) is 27.7 Å². The van der Waals surface area contributed by atoms with Crippen molar-refractivity contribution in [3.05, 3.63) is 60.2 Å². The fourth-order valence-corrected chi connectivity index (χ4v) is 8.20. The Balaban J connectivity index is 1.97. The predicted molar refractivity (Wildman–Crippen MR) is 94.9 cm³/mol. The van der Waals surface area contributed by atoms with Crippen LogP contribution in [0.5, 0.6) is 0 Å². The molecule has 0 spiro atoms. The summed E-state index contributed by atoms with van der Waals surface area (Å²) in [7, 11) is -1.01. The molecule has 0 bridgehead atoms. The van der Waals surface area contributed by atoms with Gasteiger partial charge < -0.3 is 0 Å². The Morgan fingerprint density at radius 1 is 0.905 bits per heavy atom. The van der Waals surface area contributed by atoms with Gasteiger partial charge in [-0.1, -0.05) is 0 Å². The molecule has 2 aromatic carbocycles. The molecule has 0 radical (unpaired) electrons. The van der Waals surface area contributed by atoms with E-state index < -0.39 is 8.07 Å². The van der Waals surface area contributed by atoms with Crippen LogP contribution in [-0.2, 0) is 0 Å². The first-order valence-corrected chi connectivity index (χ1v) is 13.1. The van der Waals surface area contributed by atoms with Crippen LogP contribution in [0.1, 0.15) is 10.4 Å². The monoisotopic (exact) mass is 362 g/mol. The Bertz CT molecular complexity index is 585. The van der Waals surface area contributed by atoms with E-state index in [9.17, 15) is 4.79 Å². The van der Waals surface area contributed by atoms with E-state index >= 15 is 0 Å². The Morgan fingerprint density at radius 3 is 2.05 bits per heavy atom. The molecule has 0 aliphatic heterocycles. The number of hydrogen-bond acceptors (Lipinski definition) is 1. The average Bonchev–Trinajstić information content (AvgIpc) is 2.47. The zero-order chi connectivity index (χ0) is 15.3. The average molecular weight is 361 g/mol. The van der Waals surface area contributed by atoms with Gasteiger partial charge in [0.05, 0.1) is 0 Å². The van der Waals surface area contributed by atoms with Crippen LogP contribution in [0, 0.1) is 0 Å². The van der Waals surface area contributed by atoms with Crippen LogP contribution < -0.4 is 0 Å². The third kappa shape index (κ3) is 5.27. The van der Waals surface area contributed by atoms with Crippen LogP contribution >= 0.6 is 0 Å². The van der Waals surface area contributed by atoms with Crippen LogP contribution in [0.4, 0.5) is 0 Å². The molecule has 2 rings (SSSR count). The minimum atomic E-state index is -1.01. The minimum absolute atomic E-state index is 0.0918.